The summed E-state index contributed by atoms with van der Waals surface area (Å²) >= 11 is 0. The Morgan fingerprint density at radius 2 is 0.987 bits per heavy atom. The molecule has 24 nitrogen and oxygen atoms in total. The van der Waals surface area contributed by atoms with E-state index in [1.54, 1.807) is 37.3 Å². The van der Waals surface area contributed by atoms with Crippen molar-refractivity contribution in [3.63, 3.8) is 0 Å². The number of aromatic hydroxyl groups is 2. The average molecular weight is 1090 g/mol. The van der Waals surface area contributed by atoms with Crippen LogP contribution in [0.15, 0.2) is 177 Å². The van der Waals surface area contributed by atoms with E-state index < -0.39 is 67.6 Å². The van der Waals surface area contributed by atoms with Gasteiger partial charge in [-0.3, -0.25) is 13.7 Å². The fourth-order valence-electron chi connectivity index (χ4n) is 7.54. The Labute approximate surface area is 432 Å². The van der Waals surface area contributed by atoms with Gasteiger partial charge in [-0.15, -0.1) is 30.7 Å². The smallest absolute Gasteiger partial charge is 0.296 e. The van der Waals surface area contributed by atoms with Crippen LogP contribution in [0.3, 0.4) is 0 Å². The monoisotopic (exact) mass is 1090 g/mol. The molecule has 0 fully saturated rings. The normalized spacial score (nSPS) is 12.4. The maximum Gasteiger partial charge on any atom is 0.296 e. The molecule has 0 aliphatic heterocycles. The summed E-state index contributed by atoms with van der Waals surface area (Å²) in [6.07, 6.45) is 0. The number of benzene rings is 8. The van der Waals surface area contributed by atoms with E-state index in [-0.39, 0.29) is 67.6 Å². The molecule has 0 saturated heterocycles. The minimum Gasteiger partial charge on any atom is -0.507 e. The molecule has 0 unspecified atom stereocenters. The molecule has 8 aromatic rings. The molecule has 0 heterocycles. The number of phenolic OH excluding ortho intramolecular Hbond substituents is 2. The van der Waals surface area contributed by atoms with Crippen LogP contribution in [-0.4, -0.2) is 77.6 Å². The summed E-state index contributed by atoms with van der Waals surface area (Å²) in [6, 6.07) is 29.3. The molecule has 0 aromatic heterocycles. The number of anilines is 2. The van der Waals surface area contributed by atoms with E-state index in [1.165, 1.54) is 64.8 Å². The molecule has 0 radical (unpaired) electrons. The molecule has 76 heavy (non-hydrogen) atoms. The summed E-state index contributed by atoms with van der Waals surface area (Å²) in [4.78, 5) is -2.29. The third-order valence-electron chi connectivity index (χ3n) is 11.2. The molecule has 0 bridgehead atoms. The summed E-state index contributed by atoms with van der Waals surface area (Å²) in [5, 5.41) is 59.0. The molecule has 0 saturated carbocycles. The van der Waals surface area contributed by atoms with Gasteiger partial charge in [0, 0.05) is 52.5 Å². The number of nitrogens with one attached hydrogen (secondary N) is 1. The predicted octanol–water partition coefficient (Wildman–Crippen LogP) is 12.9. The topological polar surface area (TPSA) is 351 Å². The first-order chi connectivity index (χ1) is 36.1. The number of nitrogens with zero attached hydrogens (tertiary/aromatic N) is 8. The van der Waals surface area contributed by atoms with Crippen molar-refractivity contribution in [2.75, 3.05) is 33.8 Å². The van der Waals surface area contributed by atoms with Gasteiger partial charge in [-0.1, -0.05) is 18.2 Å². The summed E-state index contributed by atoms with van der Waals surface area (Å²) in [5.41, 5.74) is 2.60. The Bertz CT molecular complexity index is 4100. The van der Waals surface area contributed by atoms with Gasteiger partial charge >= 0.3 is 0 Å². The summed E-state index contributed by atoms with van der Waals surface area (Å²) < 4.78 is 125. The Hall–Kier alpha value is -8.99. The van der Waals surface area contributed by atoms with Gasteiger partial charge in [0.15, 0.2) is 5.75 Å². The highest BCUT2D eigenvalue weighted by molar-refractivity contribution is 7.86. The first-order valence-corrected chi connectivity index (χ1v) is 26.1. The van der Waals surface area contributed by atoms with E-state index in [9.17, 15) is 49.1 Å². The van der Waals surface area contributed by atoms with Crippen molar-refractivity contribution >= 4 is 109 Å². The van der Waals surface area contributed by atoms with Crippen molar-refractivity contribution in [2.24, 2.45) is 40.9 Å². The molecule has 0 aliphatic rings. The maximum absolute atomic E-state index is 12.6. The van der Waals surface area contributed by atoms with Crippen LogP contribution in [0.25, 0.3) is 21.5 Å². The first kappa shape index (κ1) is 53.3. The van der Waals surface area contributed by atoms with Crippen LogP contribution in [0.4, 0.5) is 56.9 Å². The largest absolute Gasteiger partial charge is 0.507 e. The minimum atomic E-state index is -4.93. The second-order valence-electron chi connectivity index (χ2n) is 16.0. The molecule has 0 aliphatic carbocycles. The number of fused-ring (bicyclic) bond motifs is 2. The van der Waals surface area contributed by atoms with Crippen molar-refractivity contribution in [3.05, 3.63) is 127 Å². The second-order valence-corrected chi connectivity index (χ2v) is 20.2. The number of para-hydroxylation sites is 1. The number of hydrogen-bond acceptors (Lipinski definition) is 21. The molecular weight excluding hydrogens is 1050 g/mol. The number of rotatable bonds is 17. The predicted molar refractivity (Wildman–Crippen MR) is 277 cm³/mol. The standard InChI is InChI=1S/C49H41N9O15S3/c1-26-17-37(42(71-3)23-36(26)54-51-30-12-14-34(41(20-30)70-2)52-53-35-15-16-45(75(64,65)66)33-21-31(74(61,62)63)22-40(59)47(33)35)55-56-38-24-44(73-5)39(25-43(38)72-4)57-58-48-46(76(67,68)69)19-27-18-29(11-13-32(27)49(48)60)50-28-9-7-6-8-10-28/h6-25,50,59-60H,1-5H3,(H,61,62,63)(H,64,65,66)(H,67,68,69). The van der Waals surface area contributed by atoms with Crippen LogP contribution in [0.1, 0.15) is 5.56 Å². The lowest BCUT2D eigenvalue weighted by Crippen LogP contribution is -2.02. The van der Waals surface area contributed by atoms with E-state index in [4.69, 9.17) is 18.9 Å². The lowest BCUT2D eigenvalue weighted by atomic mass is 10.1. The molecule has 8 rings (SSSR count). The molecule has 0 atom stereocenters. The van der Waals surface area contributed by atoms with E-state index >= 15 is 0 Å². The van der Waals surface area contributed by atoms with E-state index in [1.807, 2.05) is 30.3 Å². The van der Waals surface area contributed by atoms with Gasteiger partial charge in [-0.25, -0.2) is 0 Å². The number of ether oxygens (including phenoxy) is 4. The van der Waals surface area contributed by atoms with Crippen LogP contribution in [0, 0.1) is 6.92 Å². The quantitative estimate of drug-likeness (QED) is 0.0364. The Kier molecular flexibility index (Phi) is 15.1. The van der Waals surface area contributed by atoms with Gasteiger partial charge in [-0.2, -0.15) is 35.5 Å². The van der Waals surface area contributed by atoms with Crippen LogP contribution in [0.2, 0.25) is 0 Å². The van der Waals surface area contributed by atoms with Gasteiger partial charge in [0.05, 0.1) is 55.8 Å². The fourth-order valence-corrected chi connectivity index (χ4v) is 9.40. The van der Waals surface area contributed by atoms with Crippen LogP contribution >= 0.6 is 0 Å². The summed E-state index contributed by atoms with van der Waals surface area (Å²) in [7, 11) is -9.29. The van der Waals surface area contributed by atoms with Crippen molar-refractivity contribution < 1.29 is 68.1 Å². The van der Waals surface area contributed by atoms with Gasteiger partial charge in [0.2, 0.25) is 0 Å². The van der Waals surface area contributed by atoms with Crippen molar-refractivity contribution in [1.29, 1.82) is 0 Å². The highest BCUT2D eigenvalue weighted by Crippen LogP contribution is 2.47. The van der Waals surface area contributed by atoms with E-state index in [2.05, 4.69) is 46.2 Å². The first-order valence-electron chi connectivity index (χ1n) is 21.7. The van der Waals surface area contributed by atoms with Gasteiger partial charge in [0.1, 0.15) is 67.0 Å². The molecule has 0 amide bonds. The number of phenols is 2. The number of hydrogen-bond donors (Lipinski definition) is 6. The Morgan fingerprint density at radius 3 is 1.59 bits per heavy atom. The zero-order valence-corrected chi connectivity index (χ0v) is 42.6. The molecular formula is C49H41N9O15S3. The van der Waals surface area contributed by atoms with Crippen molar-refractivity contribution in [3.8, 4) is 34.5 Å². The highest BCUT2D eigenvalue weighted by atomic mass is 32.2. The van der Waals surface area contributed by atoms with Gasteiger partial charge in [0.25, 0.3) is 30.4 Å². The summed E-state index contributed by atoms with van der Waals surface area (Å²) in [5.74, 6) is -0.693. The molecule has 8 aromatic carbocycles. The van der Waals surface area contributed by atoms with Crippen molar-refractivity contribution in [2.45, 2.75) is 21.6 Å². The van der Waals surface area contributed by atoms with Crippen molar-refractivity contribution in [1.82, 2.24) is 0 Å². The third-order valence-corrected chi connectivity index (χ3v) is 13.8. The number of azo groups is 4. The van der Waals surface area contributed by atoms with Gasteiger partial charge in [-0.05, 0) is 90.7 Å². The SMILES string of the molecule is COc1cc(N=Nc2ccc(N=Nc3ccc(S(=O)(=O)O)c4cc(S(=O)(=O)O)cc(O)c34)c(OC)c2)c(C)cc1N=Nc1cc(OC)c(N=Nc2c(S(=O)(=O)O)cc3cc(Nc4ccccc4)ccc3c2O)cc1OC. The van der Waals surface area contributed by atoms with E-state index in [0.717, 1.165) is 23.9 Å². The van der Waals surface area contributed by atoms with Crippen LogP contribution in [0.5, 0.6) is 34.5 Å². The Morgan fingerprint density at radius 1 is 0.447 bits per heavy atom. The van der Waals surface area contributed by atoms with Gasteiger partial charge < -0.3 is 34.5 Å². The zero-order valence-electron chi connectivity index (χ0n) is 40.2. The number of aryl methyl sites for hydroxylation is 1. The molecule has 27 heteroatoms. The molecule has 390 valence electrons. The fraction of sp³-hybridized carbons (Fsp3) is 0.102. The Balaban J connectivity index is 1.03. The lowest BCUT2D eigenvalue weighted by molar-refractivity contribution is 0.404. The third kappa shape index (κ3) is 11.5. The summed E-state index contributed by atoms with van der Waals surface area (Å²) in [6.45, 7) is 1.75. The number of methoxy groups -OCH3 is 4. The second kappa shape index (κ2) is 21.5. The van der Waals surface area contributed by atoms with E-state index in [0.29, 0.717) is 28.7 Å². The van der Waals surface area contributed by atoms with Crippen LogP contribution < -0.4 is 24.3 Å². The molecule has 6 N–H and O–H groups in total. The lowest BCUT2D eigenvalue weighted by Gasteiger charge is -2.12. The average Bonchev–Trinajstić information content (AvgIpc) is 3.40. The maximum atomic E-state index is 12.6. The zero-order chi connectivity index (χ0) is 54.7. The van der Waals surface area contributed by atoms with Crippen LogP contribution in [-0.2, 0) is 30.4 Å². The molecule has 0 spiro atoms. The highest BCUT2D eigenvalue weighted by Gasteiger charge is 2.25. The minimum absolute atomic E-state index is 0.0312.